The van der Waals surface area contributed by atoms with Gasteiger partial charge in [0.15, 0.2) is 0 Å². The van der Waals surface area contributed by atoms with Crippen LogP contribution >= 0.6 is 23.4 Å². The van der Waals surface area contributed by atoms with Crippen molar-refractivity contribution in [1.82, 2.24) is 10.2 Å². The van der Waals surface area contributed by atoms with Gasteiger partial charge in [0.05, 0.1) is 11.9 Å². The van der Waals surface area contributed by atoms with Gasteiger partial charge in [-0.3, -0.25) is 9.59 Å². The molecule has 2 aliphatic rings. The highest BCUT2D eigenvalue weighted by molar-refractivity contribution is 7.99. The molecule has 2 fully saturated rings. The molecule has 2 N–H and O–H groups in total. The lowest BCUT2D eigenvalue weighted by molar-refractivity contribution is -0.131. The van der Waals surface area contributed by atoms with Crippen LogP contribution in [0.3, 0.4) is 0 Å². The average Bonchev–Trinajstić information content (AvgIpc) is 3.17. The quantitative estimate of drug-likeness (QED) is 0.871. The van der Waals surface area contributed by atoms with Gasteiger partial charge < -0.3 is 15.5 Å². The second-order valence-corrected chi connectivity index (χ2v) is 7.48. The number of rotatable bonds is 4. The van der Waals surface area contributed by atoms with Crippen molar-refractivity contribution in [1.29, 1.82) is 0 Å². The number of halogens is 1. The molecule has 1 aromatic rings. The molecule has 1 aromatic carbocycles. The summed E-state index contributed by atoms with van der Waals surface area (Å²) in [6.45, 7) is 1.54. The molecule has 124 valence electrons. The zero-order valence-corrected chi connectivity index (χ0v) is 14.3. The third-order valence-corrected chi connectivity index (χ3v) is 5.37. The first kappa shape index (κ1) is 16.6. The number of nitrogens with zero attached hydrogens (tertiary/aromatic N) is 1. The highest BCUT2D eigenvalue weighted by Gasteiger charge is 2.34. The maximum atomic E-state index is 12.3. The lowest BCUT2D eigenvalue weighted by Gasteiger charge is -2.19. The summed E-state index contributed by atoms with van der Waals surface area (Å²) in [6, 6.07) is 6.97. The Bertz CT molecular complexity index is 592. The number of benzene rings is 1. The lowest BCUT2D eigenvalue weighted by Crippen LogP contribution is -2.42. The van der Waals surface area contributed by atoms with Crippen molar-refractivity contribution in [2.45, 2.75) is 18.9 Å². The Morgan fingerprint density at radius 1 is 1.43 bits per heavy atom. The third kappa shape index (κ3) is 4.40. The summed E-state index contributed by atoms with van der Waals surface area (Å²) in [5, 5.41) is 6.72. The van der Waals surface area contributed by atoms with Crippen molar-refractivity contribution in [3.63, 3.8) is 0 Å². The molecule has 2 heterocycles. The van der Waals surface area contributed by atoms with Crippen molar-refractivity contribution < 1.29 is 9.59 Å². The van der Waals surface area contributed by atoms with E-state index in [9.17, 15) is 9.59 Å². The fourth-order valence-electron chi connectivity index (χ4n) is 3.00. The summed E-state index contributed by atoms with van der Waals surface area (Å²) in [6.07, 6.45) is 1.14. The molecule has 5 nitrogen and oxygen atoms in total. The Kier molecular flexibility index (Phi) is 5.46. The standard InChI is InChI=1S/C16H20ClN3O2S/c17-12-2-1-3-13(8-12)19-15(21)7-11-6-14(18-9-11)16(22)20-4-5-23-10-20/h1-3,8,11,14,18H,4-7,9-10H2,(H,19,21)/t11?,14-/m0/s1. The largest absolute Gasteiger partial charge is 0.331 e. The Balaban J connectivity index is 1.47. The van der Waals surface area contributed by atoms with E-state index in [0.29, 0.717) is 23.7 Å². The Morgan fingerprint density at radius 3 is 3.04 bits per heavy atom. The molecule has 0 aromatic heterocycles. The number of nitrogens with one attached hydrogen (secondary N) is 2. The number of hydrogen-bond acceptors (Lipinski definition) is 4. The number of thioether (sulfide) groups is 1. The number of carbonyl (C=O) groups excluding carboxylic acids is 2. The summed E-state index contributed by atoms with van der Waals surface area (Å²) in [4.78, 5) is 26.4. The van der Waals surface area contributed by atoms with Crippen LogP contribution in [0.1, 0.15) is 12.8 Å². The fraction of sp³-hybridized carbons (Fsp3) is 0.500. The molecule has 2 aliphatic heterocycles. The van der Waals surface area contributed by atoms with Crippen LogP contribution in [0, 0.1) is 5.92 Å². The van der Waals surface area contributed by atoms with Crippen LogP contribution in [0.2, 0.25) is 5.02 Å². The lowest BCUT2D eigenvalue weighted by atomic mass is 10.0. The van der Waals surface area contributed by atoms with E-state index in [1.54, 1.807) is 30.0 Å². The van der Waals surface area contributed by atoms with Crippen molar-refractivity contribution in [3.8, 4) is 0 Å². The first-order valence-electron chi connectivity index (χ1n) is 7.77. The molecule has 0 aliphatic carbocycles. The van der Waals surface area contributed by atoms with Gasteiger partial charge in [-0.1, -0.05) is 17.7 Å². The highest BCUT2D eigenvalue weighted by atomic mass is 35.5. The van der Waals surface area contributed by atoms with Gasteiger partial charge in [0, 0.05) is 29.4 Å². The van der Waals surface area contributed by atoms with Crippen LogP contribution in [0.15, 0.2) is 24.3 Å². The minimum absolute atomic E-state index is 0.0381. The van der Waals surface area contributed by atoms with E-state index in [-0.39, 0.29) is 23.8 Å². The fourth-order valence-corrected chi connectivity index (χ4v) is 4.15. The van der Waals surface area contributed by atoms with E-state index < -0.39 is 0 Å². The second-order valence-electron chi connectivity index (χ2n) is 5.96. The van der Waals surface area contributed by atoms with Gasteiger partial charge in [-0.15, -0.1) is 11.8 Å². The van der Waals surface area contributed by atoms with E-state index in [4.69, 9.17) is 11.6 Å². The van der Waals surface area contributed by atoms with Crippen LogP contribution in [-0.4, -0.2) is 47.5 Å². The molecule has 2 atom stereocenters. The van der Waals surface area contributed by atoms with Gasteiger partial charge in [0.2, 0.25) is 11.8 Å². The monoisotopic (exact) mass is 353 g/mol. The van der Waals surface area contributed by atoms with Crippen LogP contribution in [0.4, 0.5) is 5.69 Å². The topological polar surface area (TPSA) is 61.4 Å². The van der Waals surface area contributed by atoms with E-state index in [1.165, 1.54) is 0 Å². The minimum atomic E-state index is -0.141. The number of carbonyl (C=O) groups is 2. The predicted octanol–water partition coefficient (Wildman–Crippen LogP) is 2.18. The third-order valence-electron chi connectivity index (χ3n) is 4.17. The van der Waals surface area contributed by atoms with Gasteiger partial charge in [-0.25, -0.2) is 0 Å². The molecule has 2 saturated heterocycles. The predicted molar refractivity (Wildman–Crippen MR) is 93.6 cm³/mol. The van der Waals surface area contributed by atoms with Crippen molar-refractivity contribution in [2.24, 2.45) is 5.92 Å². The zero-order chi connectivity index (χ0) is 16.2. The van der Waals surface area contributed by atoms with Crippen LogP contribution in [0.25, 0.3) is 0 Å². The van der Waals surface area contributed by atoms with Gasteiger partial charge in [-0.2, -0.15) is 0 Å². The van der Waals surface area contributed by atoms with E-state index in [2.05, 4.69) is 10.6 Å². The maximum absolute atomic E-state index is 12.3. The van der Waals surface area contributed by atoms with Gasteiger partial charge in [0.25, 0.3) is 0 Å². The summed E-state index contributed by atoms with van der Waals surface area (Å²) in [7, 11) is 0. The number of anilines is 1. The molecule has 1 unspecified atom stereocenters. The number of amides is 2. The second kappa shape index (κ2) is 7.55. The van der Waals surface area contributed by atoms with Crippen LogP contribution in [-0.2, 0) is 9.59 Å². The normalized spacial score (nSPS) is 24.0. The minimum Gasteiger partial charge on any atom is -0.331 e. The Morgan fingerprint density at radius 2 is 2.30 bits per heavy atom. The van der Waals surface area contributed by atoms with Crippen LogP contribution < -0.4 is 10.6 Å². The molecule has 23 heavy (non-hydrogen) atoms. The molecule has 0 saturated carbocycles. The maximum Gasteiger partial charge on any atom is 0.240 e. The summed E-state index contributed by atoms with van der Waals surface area (Å²) in [5.74, 6) is 2.14. The van der Waals surface area contributed by atoms with Crippen molar-refractivity contribution >= 4 is 40.9 Å². The molecule has 0 spiro atoms. The molecular formula is C16H20ClN3O2S. The highest BCUT2D eigenvalue weighted by Crippen LogP contribution is 2.23. The van der Waals surface area contributed by atoms with E-state index in [1.807, 2.05) is 11.0 Å². The summed E-state index contributed by atoms with van der Waals surface area (Å²) in [5.41, 5.74) is 0.704. The first-order valence-corrected chi connectivity index (χ1v) is 9.30. The van der Waals surface area contributed by atoms with Crippen molar-refractivity contribution in [3.05, 3.63) is 29.3 Å². The average molecular weight is 354 g/mol. The Hall–Kier alpha value is -1.24. The van der Waals surface area contributed by atoms with E-state index in [0.717, 1.165) is 24.6 Å². The molecule has 7 heteroatoms. The molecule has 0 radical (unpaired) electrons. The van der Waals surface area contributed by atoms with Gasteiger partial charge >= 0.3 is 0 Å². The molecule has 2 amide bonds. The first-order chi connectivity index (χ1) is 11.1. The molecule has 3 rings (SSSR count). The Labute approximate surface area is 145 Å². The number of hydrogen-bond donors (Lipinski definition) is 2. The van der Waals surface area contributed by atoms with E-state index >= 15 is 0 Å². The van der Waals surface area contributed by atoms with Crippen molar-refractivity contribution in [2.75, 3.05) is 30.0 Å². The van der Waals surface area contributed by atoms with Gasteiger partial charge in [-0.05, 0) is 37.1 Å². The van der Waals surface area contributed by atoms with Crippen LogP contribution in [0.5, 0.6) is 0 Å². The zero-order valence-electron chi connectivity index (χ0n) is 12.8. The summed E-state index contributed by atoms with van der Waals surface area (Å²) < 4.78 is 0. The molecule has 0 bridgehead atoms. The van der Waals surface area contributed by atoms with Gasteiger partial charge in [0.1, 0.15) is 0 Å². The smallest absolute Gasteiger partial charge is 0.240 e. The molecular weight excluding hydrogens is 334 g/mol. The summed E-state index contributed by atoms with van der Waals surface area (Å²) >= 11 is 7.70. The SMILES string of the molecule is O=C(CC1CN[C@H](C(=O)N2CCSC2)C1)Nc1cccc(Cl)c1.